The van der Waals surface area contributed by atoms with E-state index in [0.717, 1.165) is 42.7 Å². The first kappa shape index (κ1) is 20.4. The molecule has 0 amide bonds. The second-order valence-corrected chi connectivity index (χ2v) is 7.23. The lowest BCUT2D eigenvalue weighted by atomic mass is 10.1. The summed E-state index contributed by atoms with van der Waals surface area (Å²) in [6.45, 7) is 3.49. The largest absolute Gasteiger partial charge is 0.493 e. The predicted molar refractivity (Wildman–Crippen MR) is 112 cm³/mol. The van der Waals surface area contributed by atoms with Crippen LogP contribution in [0.15, 0.2) is 12.1 Å². The summed E-state index contributed by atoms with van der Waals surface area (Å²) in [5.41, 5.74) is 0.822. The van der Waals surface area contributed by atoms with Crippen molar-refractivity contribution in [1.29, 1.82) is 0 Å². The molecule has 1 N–H and O–H groups in total. The summed E-state index contributed by atoms with van der Waals surface area (Å²) in [5.74, 6) is 2.82. The molecule has 8 heteroatoms. The molecule has 2 aromatic rings. The normalized spacial score (nSPS) is 15.6. The van der Waals surface area contributed by atoms with Gasteiger partial charge >= 0.3 is 0 Å². The van der Waals surface area contributed by atoms with E-state index in [1.807, 2.05) is 24.1 Å². The van der Waals surface area contributed by atoms with Crippen molar-refractivity contribution in [3.8, 4) is 11.5 Å². The van der Waals surface area contributed by atoms with Crippen molar-refractivity contribution in [1.82, 2.24) is 14.9 Å². The molecule has 0 saturated carbocycles. The number of fused-ring (bicyclic) bond motifs is 1. The predicted octanol–water partition coefficient (Wildman–Crippen LogP) is 2.24. The number of methoxy groups -OCH3 is 3. The zero-order valence-electron chi connectivity index (χ0n) is 17.5. The standard InChI is InChI=1S/C20H31N5O3/c1-24-8-6-14(7-9-24)21-19-15-12-17(27-4)18(28-5)13-16(15)22-20(23-19)25(2)10-11-26-3/h12-14H,6-11H2,1-5H3,(H,21,22,23). The maximum Gasteiger partial charge on any atom is 0.227 e. The minimum Gasteiger partial charge on any atom is -0.493 e. The Hall–Kier alpha value is -2.32. The number of hydrogen-bond acceptors (Lipinski definition) is 8. The molecule has 1 aromatic carbocycles. The Morgan fingerprint density at radius 2 is 1.79 bits per heavy atom. The number of hydrogen-bond donors (Lipinski definition) is 1. The van der Waals surface area contributed by atoms with Gasteiger partial charge in [-0.25, -0.2) is 4.98 Å². The number of piperidine rings is 1. The Labute approximate surface area is 166 Å². The maximum atomic E-state index is 5.49. The summed E-state index contributed by atoms with van der Waals surface area (Å²) in [4.78, 5) is 13.9. The molecule has 1 aliphatic rings. The molecule has 3 rings (SSSR count). The molecule has 0 unspecified atom stereocenters. The third-order valence-electron chi connectivity index (χ3n) is 5.22. The fourth-order valence-electron chi connectivity index (χ4n) is 3.40. The smallest absolute Gasteiger partial charge is 0.227 e. The van der Waals surface area contributed by atoms with Gasteiger partial charge < -0.3 is 29.3 Å². The summed E-state index contributed by atoms with van der Waals surface area (Å²) in [6.07, 6.45) is 2.17. The van der Waals surface area contributed by atoms with Crippen molar-refractivity contribution in [2.75, 3.05) is 71.9 Å². The van der Waals surface area contributed by atoms with Crippen molar-refractivity contribution in [2.24, 2.45) is 0 Å². The molecule has 0 aliphatic carbocycles. The first-order valence-corrected chi connectivity index (χ1v) is 9.64. The van der Waals surface area contributed by atoms with Gasteiger partial charge in [-0.1, -0.05) is 0 Å². The van der Waals surface area contributed by atoms with Crippen molar-refractivity contribution in [3.05, 3.63) is 12.1 Å². The summed E-state index contributed by atoms with van der Waals surface area (Å²) >= 11 is 0. The second kappa shape index (κ2) is 9.25. The highest BCUT2D eigenvalue weighted by Gasteiger charge is 2.20. The molecule has 0 spiro atoms. The van der Waals surface area contributed by atoms with Gasteiger partial charge in [-0.05, 0) is 39.0 Å². The fraction of sp³-hybridized carbons (Fsp3) is 0.600. The summed E-state index contributed by atoms with van der Waals surface area (Å²) in [6, 6.07) is 4.24. The van der Waals surface area contributed by atoms with E-state index in [2.05, 4.69) is 17.3 Å². The van der Waals surface area contributed by atoms with Crippen molar-refractivity contribution in [3.63, 3.8) is 0 Å². The highest BCUT2D eigenvalue weighted by molar-refractivity contribution is 5.92. The molecule has 2 heterocycles. The topological polar surface area (TPSA) is 72.0 Å². The Morgan fingerprint density at radius 3 is 2.43 bits per heavy atom. The molecule has 154 valence electrons. The highest BCUT2D eigenvalue weighted by atomic mass is 16.5. The second-order valence-electron chi connectivity index (χ2n) is 7.23. The number of anilines is 2. The average Bonchev–Trinajstić information content (AvgIpc) is 2.72. The van der Waals surface area contributed by atoms with E-state index in [1.54, 1.807) is 21.3 Å². The first-order chi connectivity index (χ1) is 13.5. The van der Waals surface area contributed by atoms with Gasteiger partial charge in [-0.15, -0.1) is 0 Å². The third-order valence-corrected chi connectivity index (χ3v) is 5.22. The summed E-state index contributed by atoms with van der Waals surface area (Å²) < 4.78 is 16.2. The number of rotatable bonds is 8. The lowest BCUT2D eigenvalue weighted by molar-refractivity contribution is 0.206. The number of nitrogens with zero attached hydrogens (tertiary/aromatic N) is 4. The van der Waals surface area contributed by atoms with Crippen LogP contribution in [0.2, 0.25) is 0 Å². The molecule has 8 nitrogen and oxygen atoms in total. The number of benzene rings is 1. The molecular formula is C20H31N5O3. The van der Waals surface area contributed by atoms with Crippen LogP contribution in [0.3, 0.4) is 0 Å². The SMILES string of the molecule is COCCN(C)c1nc(NC2CCN(C)CC2)c2cc(OC)c(OC)cc2n1. The molecule has 28 heavy (non-hydrogen) atoms. The monoisotopic (exact) mass is 389 g/mol. The van der Waals surface area contributed by atoms with E-state index in [1.165, 1.54) is 0 Å². The number of aromatic nitrogens is 2. The first-order valence-electron chi connectivity index (χ1n) is 9.64. The quantitative estimate of drug-likeness (QED) is 0.737. The molecule has 1 saturated heterocycles. The van der Waals surface area contributed by atoms with Crippen LogP contribution < -0.4 is 19.7 Å². The van der Waals surface area contributed by atoms with Crippen molar-refractivity contribution >= 4 is 22.7 Å². The van der Waals surface area contributed by atoms with E-state index in [0.29, 0.717) is 36.6 Å². The van der Waals surface area contributed by atoms with Crippen LogP contribution in [0, 0.1) is 0 Å². The minimum atomic E-state index is 0.388. The van der Waals surface area contributed by atoms with Gasteiger partial charge in [-0.2, -0.15) is 4.98 Å². The Kier molecular flexibility index (Phi) is 6.74. The van der Waals surface area contributed by atoms with E-state index in [9.17, 15) is 0 Å². The average molecular weight is 390 g/mol. The van der Waals surface area contributed by atoms with Crippen LogP contribution in [0.1, 0.15) is 12.8 Å². The number of likely N-dealkylation sites (tertiary alicyclic amines) is 1. The summed E-state index contributed by atoms with van der Waals surface area (Å²) in [5, 5.41) is 4.58. The van der Waals surface area contributed by atoms with Gasteiger partial charge in [0.05, 0.1) is 26.3 Å². The molecule has 0 atom stereocenters. The Morgan fingerprint density at radius 1 is 1.11 bits per heavy atom. The van der Waals surface area contributed by atoms with Gasteiger partial charge in [0, 0.05) is 38.2 Å². The van der Waals surface area contributed by atoms with Crippen LogP contribution in [0.5, 0.6) is 11.5 Å². The van der Waals surface area contributed by atoms with Crippen LogP contribution in [-0.4, -0.2) is 82.6 Å². The van der Waals surface area contributed by atoms with Gasteiger partial charge in [0.15, 0.2) is 11.5 Å². The van der Waals surface area contributed by atoms with Crippen LogP contribution >= 0.6 is 0 Å². The molecule has 0 radical (unpaired) electrons. The number of likely N-dealkylation sites (N-methyl/N-ethyl adjacent to an activating group) is 1. The molecule has 1 aliphatic heterocycles. The van der Waals surface area contributed by atoms with Crippen molar-refractivity contribution in [2.45, 2.75) is 18.9 Å². The molecule has 1 fully saturated rings. The van der Waals surface area contributed by atoms with Gasteiger partial charge in [0.25, 0.3) is 0 Å². The minimum absolute atomic E-state index is 0.388. The third kappa shape index (κ3) is 4.56. The van der Waals surface area contributed by atoms with Gasteiger partial charge in [0.2, 0.25) is 5.95 Å². The molecule has 1 aromatic heterocycles. The van der Waals surface area contributed by atoms with E-state index in [-0.39, 0.29) is 0 Å². The molecular weight excluding hydrogens is 358 g/mol. The van der Waals surface area contributed by atoms with E-state index < -0.39 is 0 Å². The number of nitrogens with one attached hydrogen (secondary N) is 1. The van der Waals surface area contributed by atoms with E-state index >= 15 is 0 Å². The van der Waals surface area contributed by atoms with E-state index in [4.69, 9.17) is 24.2 Å². The zero-order valence-corrected chi connectivity index (χ0v) is 17.5. The van der Waals surface area contributed by atoms with Gasteiger partial charge in [-0.3, -0.25) is 0 Å². The Bertz CT molecular complexity index is 793. The summed E-state index contributed by atoms with van der Waals surface area (Å²) in [7, 11) is 9.10. The van der Waals surface area contributed by atoms with Gasteiger partial charge in [0.1, 0.15) is 5.82 Å². The van der Waals surface area contributed by atoms with Crippen LogP contribution in [0.4, 0.5) is 11.8 Å². The number of ether oxygens (including phenoxy) is 3. The highest BCUT2D eigenvalue weighted by Crippen LogP contribution is 2.35. The maximum absolute atomic E-state index is 5.49. The lowest BCUT2D eigenvalue weighted by Crippen LogP contribution is -2.37. The molecule has 0 bridgehead atoms. The van der Waals surface area contributed by atoms with Crippen LogP contribution in [0.25, 0.3) is 10.9 Å². The van der Waals surface area contributed by atoms with Crippen molar-refractivity contribution < 1.29 is 14.2 Å². The van der Waals surface area contributed by atoms with Crippen LogP contribution in [-0.2, 0) is 4.74 Å². The Balaban J connectivity index is 2.01. The lowest BCUT2D eigenvalue weighted by Gasteiger charge is -2.30. The fourth-order valence-corrected chi connectivity index (χ4v) is 3.40. The zero-order chi connectivity index (χ0) is 20.1.